The van der Waals surface area contributed by atoms with Gasteiger partial charge in [-0.1, -0.05) is 0 Å². The SMILES string of the molecule is COC(=O)c1ccc(NCc2ccnn2C)c(C)c1. The Morgan fingerprint density at radius 2 is 2.21 bits per heavy atom. The summed E-state index contributed by atoms with van der Waals surface area (Å²) in [5, 5.41) is 7.44. The summed E-state index contributed by atoms with van der Waals surface area (Å²) in [6, 6.07) is 7.42. The van der Waals surface area contributed by atoms with Gasteiger partial charge in [-0.2, -0.15) is 5.10 Å². The fraction of sp³-hybridized carbons (Fsp3) is 0.286. The highest BCUT2D eigenvalue weighted by Crippen LogP contribution is 2.18. The van der Waals surface area contributed by atoms with Crippen molar-refractivity contribution in [3.05, 3.63) is 47.3 Å². The Bertz CT molecular complexity index is 590. The number of aromatic nitrogens is 2. The highest BCUT2D eigenvalue weighted by molar-refractivity contribution is 5.90. The predicted molar refractivity (Wildman–Crippen MR) is 73.1 cm³/mol. The molecular weight excluding hydrogens is 242 g/mol. The molecule has 0 radical (unpaired) electrons. The van der Waals surface area contributed by atoms with Gasteiger partial charge in [0.1, 0.15) is 0 Å². The zero-order valence-corrected chi connectivity index (χ0v) is 11.3. The topological polar surface area (TPSA) is 56.1 Å². The molecular formula is C14H17N3O2. The van der Waals surface area contributed by atoms with E-state index in [9.17, 15) is 4.79 Å². The van der Waals surface area contributed by atoms with Crippen LogP contribution in [0.3, 0.4) is 0 Å². The number of nitrogens with zero attached hydrogens (tertiary/aromatic N) is 2. The van der Waals surface area contributed by atoms with E-state index in [2.05, 4.69) is 10.4 Å². The first-order chi connectivity index (χ1) is 9.11. The van der Waals surface area contributed by atoms with Crippen LogP contribution in [0.1, 0.15) is 21.6 Å². The van der Waals surface area contributed by atoms with Crippen molar-refractivity contribution in [2.24, 2.45) is 7.05 Å². The monoisotopic (exact) mass is 259 g/mol. The fourth-order valence-corrected chi connectivity index (χ4v) is 1.87. The molecule has 0 aliphatic rings. The van der Waals surface area contributed by atoms with Crippen LogP contribution in [-0.4, -0.2) is 22.9 Å². The van der Waals surface area contributed by atoms with Crippen molar-refractivity contribution in [2.45, 2.75) is 13.5 Å². The van der Waals surface area contributed by atoms with Crippen molar-refractivity contribution in [2.75, 3.05) is 12.4 Å². The van der Waals surface area contributed by atoms with Crippen LogP contribution in [0.2, 0.25) is 0 Å². The normalized spacial score (nSPS) is 10.3. The number of ether oxygens (including phenoxy) is 1. The van der Waals surface area contributed by atoms with Gasteiger partial charge in [-0.3, -0.25) is 4.68 Å². The second-order valence-electron chi connectivity index (χ2n) is 4.32. The van der Waals surface area contributed by atoms with Crippen LogP contribution in [-0.2, 0) is 18.3 Å². The average molecular weight is 259 g/mol. The van der Waals surface area contributed by atoms with E-state index in [0.717, 1.165) is 16.9 Å². The van der Waals surface area contributed by atoms with Crippen LogP contribution in [0.15, 0.2) is 30.5 Å². The number of aryl methyl sites for hydroxylation is 2. The van der Waals surface area contributed by atoms with Gasteiger partial charge in [0.05, 0.1) is 24.9 Å². The number of carbonyl (C=O) groups is 1. The second-order valence-corrected chi connectivity index (χ2v) is 4.32. The van der Waals surface area contributed by atoms with Crippen molar-refractivity contribution in [3.63, 3.8) is 0 Å². The Morgan fingerprint density at radius 1 is 1.42 bits per heavy atom. The van der Waals surface area contributed by atoms with Crippen molar-refractivity contribution >= 4 is 11.7 Å². The predicted octanol–water partition coefficient (Wildman–Crippen LogP) is 2.13. The Hall–Kier alpha value is -2.30. The minimum Gasteiger partial charge on any atom is -0.465 e. The lowest BCUT2D eigenvalue weighted by Gasteiger charge is -2.10. The van der Waals surface area contributed by atoms with E-state index in [1.165, 1.54) is 7.11 Å². The molecule has 1 aromatic heterocycles. The molecule has 0 spiro atoms. The lowest BCUT2D eigenvalue weighted by atomic mass is 10.1. The first-order valence-corrected chi connectivity index (χ1v) is 6.01. The summed E-state index contributed by atoms with van der Waals surface area (Å²) in [6.45, 7) is 2.65. The van der Waals surface area contributed by atoms with Crippen LogP contribution in [0.5, 0.6) is 0 Å². The summed E-state index contributed by atoms with van der Waals surface area (Å²) >= 11 is 0. The van der Waals surface area contributed by atoms with E-state index in [-0.39, 0.29) is 5.97 Å². The molecule has 1 aromatic carbocycles. The molecule has 100 valence electrons. The van der Waals surface area contributed by atoms with E-state index >= 15 is 0 Å². The lowest BCUT2D eigenvalue weighted by Crippen LogP contribution is -2.07. The average Bonchev–Trinajstić information content (AvgIpc) is 2.82. The molecule has 0 saturated heterocycles. The number of esters is 1. The van der Waals surface area contributed by atoms with E-state index in [4.69, 9.17) is 4.74 Å². The van der Waals surface area contributed by atoms with Crippen molar-refractivity contribution in [1.29, 1.82) is 0 Å². The Kier molecular flexibility index (Phi) is 3.85. The summed E-state index contributed by atoms with van der Waals surface area (Å²) in [5.41, 5.74) is 3.65. The highest BCUT2D eigenvalue weighted by atomic mass is 16.5. The molecule has 5 nitrogen and oxygen atoms in total. The van der Waals surface area contributed by atoms with Crippen LogP contribution in [0.25, 0.3) is 0 Å². The van der Waals surface area contributed by atoms with E-state index in [1.807, 2.05) is 36.9 Å². The molecule has 0 saturated carbocycles. The molecule has 0 atom stereocenters. The van der Waals surface area contributed by atoms with Gasteiger partial charge in [-0.15, -0.1) is 0 Å². The molecule has 2 aromatic rings. The van der Waals surface area contributed by atoms with Crippen LogP contribution in [0, 0.1) is 6.92 Å². The van der Waals surface area contributed by atoms with Gasteiger partial charge in [0, 0.05) is 18.9 Å². The fourth-order valence-electron chi connectivity index (χ4n) is 1.87. The minimum absolute atomic E-state index is 0.318. The largest absolute Gasteiger partial charge is 0.465 e. The van der Waals surface area contributed by atoms with Crippen LogP contribution in [0.4, 0.5) is 5.69 Å². The third-order valence-electron chi connectivity index (χ3n) is 3.03. The maximum Gasteiger partial charge on any atom is 0.337 e. The molecule has 0 aliphatic heterocycles. The van der Waals surface area contributed by atoms with Crippen LogP contribution >= 0.6 is 0 Å². The zero-order valence-electron chi connectivity index (χ0n) is 11.3. The quantitative estimate of drug-likeness (QED) is 0.855. The molecule has 1 N–H and O–H groups in total. The number of benzene rings is 1. The van der Waals surface area contributed by atoms with Gasteiger partial charge >= 0.3 is 5.97 Å². The molecule has 19 heavy (non-hydrogen) atoms. The molecule has 0 amide bonds. The maximum absolute atomic E-state index is 11.4. The number of nitrogens with one attached hydrogen (secondary N) is 1. The molecule has 5 heteroatoms. The summed E-state index contributed by atoms with van der Waals surface area (Å²) in [5.74, 6) is -0.318. The molecule has 1 heterocycles. The number of hydrogen-bond acceptors (Lipinski definition) is 4. The van der Waals surface area contributed by atoms with Crippen molar-refractivity contribution in [3.8, 4) is 0 Å². The Morgan fingerprint density at radius 3 is 2.79 bits per heavy atom. The van der Waals surface area contributed by atoms with Gasteiger partial charge < -0.3 is 10.1 Å². The molecule has 2 rings (SSSR count). The van der Waals surface area contributed by atoms with Gasteiger partial charge in [-0.25, -0.2) is 4.79 Å². The minimum atomic E-state index is -0.318. The molecule has 0 unspecified atom stereocenters. The van der Waals surface area contributed by atoms with E-state index in [0.29, 0.717) is 12.1 Å². The van der Waals surface area contributed by atoms with Gasteiger partial charge in [0.25, 0.3) is 0 Å². The number of anilines is 1. The molecule has 0 bridgehead atoms. The molecule has 0 fully saturated rings. The second kappa shape index (κ2) is 5.56. The number of rotatable bonds is 4. The Labute approximate surface area is 112 Å². The maximum atomic E-state index is 11.4. The summed E-state index contributed by atoms with van der Waals surface area (Å²) in [6.07, 6.45) is 1.77. The van der Waals surface area contributed by atoms with Gasteiger partial charge in [0.15, 0.2) is 0 Å². The number of carbonyl (C=O) groups excluding carboxylic acids is 1. The summed E-state index contributed by atoms with van der Waals surface area (Å²) in [7, 11) is 3.29. The van der Waals surface area contributed by atoms with Gasteiger partial charge in [-0.05, 0) is 36.8 Å². The zero-order chi connectivity index (χ0) is 13.8. The molecule has 0 aliphatic carbocycles. The lowest BCUT2D eigenvalue weighted by molar-refractivity contribution is 0.0600. The smallest absolute Gasteiger partial charge is 0.337 e. The van der Waals surface area contributed by atoms with Gasteiger partial charge in [0.2, 0.25) is 0 Å². The first kappa shape index (κ1) is 13.1. The Balaban J connectivity index is 2.09. The van der Waals surface area contributed by atoms with Crippen LogP contribution < -0.4 is 5.32 Å². The number of methoxy groups -OCH3 is 1. The first-order valence-electron chi connectivity index (χ1n) is 6.01. The van der Waals surface area contributed by atoms with Crippen molar-refractivity contribution in [1.82, 2.24) is 9.78 Å². The summed E-state index contributed by atoms with van der Waals surface area (Å²) < 4.78 is 6.52. The highest BCUT2D eigenvalue weighted by Gasteiger charge is 2.07. The standard InChI is InChI=1S/C14H17N3O2/c1-10-8-11(14(18)19-3)4-5-13(10)15-9-12-6-7-16-17(12)2/h4-8,15H,9H2,1-3H3. The third kappa shape index (κ3) is 2.93. The van der Waals surface area contributed by atoms with Crippen molar-refractivity contribution < 1.29 is 9.53 Å². The third-order valence-corrected chi connectivity index (χ3v) is 3.03. The van der Waals surface area contributed by atoms with E-state index in [1.54, 1.807) is 12.3 Å². The number of hydrogen-bond donors (Lipinski definition) is 1. The van der Waals surface area contributed by atoms with E-state index < -0.39 is 0 Å². The summed E-state index contributed by atoms with van der Waals surface area (Å²) in [4.78, 5) is 11.4.